The molecule has 0 aliphatic heterocycles. The van der Waals surface area contributed by atoms with Crippen molar-refractivity contribution in [3.05, 3.63) is 12.7 Å². The summed E-state index contributed by atoms with van der Waals surface area (Å²) in [4.78, 5) is 0. The van der Waals surface area contributed by atoms with E-state index in [-0.39, 0.29) is 5.25 Å². The van der Waals surface area contributed by atoms with Gasteiger partial charge in [0.1, 0.15) is 0 Å². The van der Waals surface area contributed by atoms with Crippen LogP contribution in [0, 0.1) is 0 Å². The van der Waals surface area contributed by atoms with Gasteiger partial charge < -0.3 is 4.55 Å². The van der Waals surface area contributed by atoms with E-state index in [4.69, 9.17) is 4.55 Å². The molecule has 0 aliphatic rings. The summed E-state index contributed by atoms with van der Waals surface area (Å²) in [5, 5.41) is -0.104. The molecule has 0 bridgehead atoms. The van der Waals surface area contributed by atoms with Crippen molar-refractivity contribution in [2.24, 2.45) is 0 Å². The summed E-state index contributed by atoms with van der Waals surface area (Å²) in [6, 6.07) is 0. The summed E-state index contributed by atoms with van der Waals surface area (Å²) in [5.74, 6) is 0. The number of allylic oxidation sites excluding steroid dienone is 1. The normalized spacial score (nSPS) is 15.8. The molecular formula is C8H16O2S. The van der Waals surface area contributed by atoms with Gasteiger partial charge in [0, 0.05) is 0 Å². The minimum atomic E-state index is -1.68. The van der Waals surface area contributed by atoms with Crippen molar-refractivity contribution in [2.45, 2.75) is 37.9 Å². The third kappa shape index (κ3) is 5.16. The van der Waals surface area contributed by atoms with E-state index in [0.717, 1.165) is 19.3 Å². The van der Waals surface area contributed by atoms with Crippen molar-refractivity contribution in [3.8, 4) is 0 Å². The van der Waals surface area contributed by atoms with Crippen LogP contribution in [0.2, 0.25) is 0 Å². The predicted octanol–water partition coefficient (Wildman–Crippen LogP) is 2.34. The summed E-state index contributed by atoms with van der Waals surface area (Å²) in [6.07, 6.45) is 5.26. The van der Waals surface area contributed by atoms with E-state index >= 15 is 0 Å². The topological polar surface area (TPSA) is 37.3 Å². The van der Waals surface area contributed by atoms with Crippen LogP contribution in [0.4, 0.5) is 0 Å². The van der Waals surface area contributed by atoms with Gasteiger partial charge >= 0.3 is 0 Å². The molecule has 1 N–H and O–H groups in total. The molecule has 0 saturated carbocycles. The van der Waals surface area contributed by atoms with Crippen LogP contribution >= 0.6 is 0 Å². The van der Waals surface area contributed by atoms with Crippen LogP contribution in [-0.4, -0.2) is 14.0 Å². The van der Waals surface area contributed by atoms with Crippen molar-refractivity contribution in [3.63, 3.8) is 0 Å². The zero-order valence-corrected chi connectivity index (χ0v) is 7.77. The van der Waals surface area contributed by atoms with Gasteiger partial charge in [0.25, 0.3) is 0 Å². The van der Waals surface area contributed by atoms with Crippen LogP contribution in [0.25, 0.3) is 0 Å². The lowest BCUT2D eigenvalue weighted by Gasteiger charge is -2.08. The molecule has 0 aliphatic carbocycles. The van der Waals surface area contributed by atoms with Crippen LogP contribution in [0.5, 0.6) is 0 Å². The molecule has 2 unspecified atom stereocenters. The van der Waals surface area contributed by atoms with Crippen molar-refractivity contribution in [1.29, 1.82) is 0 Å². The predicted molar refractivity (Wildman–Crippen MR) is 48.9 cm³/mol. The van der Waals surface area contributed by atoms with Crippen molar-refractivity contribution in [1.82, 2.24) is 0 Å². The molecule has 0 aromatic carbocycles. The minimum absolute atomic E-state index is 0.104. The number of unbranched alkanes of at least 4 members (excludes halogenated alkanes) is 1. The molecule has 0 radical (unpaired) electrons. The highest BCUT2D eigenvalue weighted by atomic mass is 32.2. The molecule has 66 valence electrons. The Morgan fingerprint density at radius 3 is 2.73 bits per heavy atom. The Kier molecular flexibility index (Phi) is 6.46. The fraction of sp³-hybridized carbons (Fsp3) is 0.750. The maximum absolute atomic E-state index is 10.7. The molecule has 0 saturated heterocycles. The minimum Gasteiger partial charge on any atom is -0.306 e. The fourth-order valence-electron chi connectivity index (χ4n) is 0.919. The zero-order chi connectivity index (χ0) is 8.69. The molecule has 2 nitrogen and oxygen atoms in total. The molecule has 0 aromatic heterocycles. The van der Waals surface area contributed by atoms with Gasteiger partial charge in [-0.3, -0.25) is 0 Å². The SMILES string of the molecule is C=CCC(CCCC)S(=O)O. The van der Waals surface area contributed by atoms with Crippen molar-refractivity contribution in [2.75, 3.05) is 0 Å². The highest BCUT2D eigenvalue weighted by molar-refractivity contribution is 7.79. The second-order valence-electron chi connectivity index (χ2n) is 2.56. The van der Waals surface area contributed by atoms with Crippen molar-refractivity contribution < 1.29 is 8.76 Å². The maximum atomic E-state index is 10.7. The van der Waals surface area contributed by atoms with E-state index in [1.54, 1.807) is 6.08 Å². The van der Waals surface area contributed by atoms with Gasteiger partial charge in [-0.05, 0) is 12.8 Å². The Morgan fingerprint density at radius 2 is 2.36 bits per heavy atom. The van der Waals surface area contributed by atoms with Gasteiger partial charge in [-0.1, -0.05) is 25.8 Å². The first-order chi connectivity index (χ1) is 5.22. The maximum Gasteiger partial charge on any atom is 0.156 e. The van der Waals surface area contributed by atoms with Crippen LogP contribution in [-0.2, 0) is 11.1 Å². The van der Waals surface area contributed by atoms with Gasteiger partial charge in [-0.15, -0.1) is 6.58 Å². The van der Waals surface area contributed by atoms with Gasteiger partial charge in [-0.25, -0.2) is 4.21 Å². The molecule has 0 heterocycles. The second kappa shape index (κ2) is 6.55. The molecule has 11 heavy (non-hydrogen) atoms. The smallest absolute Gasteiger partial charge is 0.156 e. The van der Waals surface area contributed by atoms with Gasteiger partial charge in [0.05, 0.1) is 5.25 Å². The summed E-state index contributed by atoms with van der Waals surface area (Å²) >= 11 is -1.68. The monoisotopic (exact) mass is 176 g/mol. The molecule has 0 fully saturated rings. The average Bonchev–Trinajstić information content (AvgIpc) is 1.97. The zero-order valence-electron chi connectivity index (χ0n) is 6.95. The van der Waals surface area contributed by atoms with Gasteiger partial charge in [0.2, 0.25) is 0 Å². The molecule has 0 amide bonds. The lowest BCUT2D eigenvalue weighted by atomic mass is 10.1. The fourth-order valence-corrected chi connectivity index (χ4v) is 1.59. The first-order valence-electron chi connectivity index (χ1n) is 3.93. The summed E-state index contributed by atoms with van der Waals surface area (Å²) in [5.41, 5.74) is 0. The van der Waals surface area contributed by atoms with Crippen molar-refractivity contribution >= 4 is 11.1 Å². The van der Waals surface area contributed by atoms with E-state index in [1.807, 2.05) is 0 Å². The molecule has 3 heteroatoms. The lowest BCUT2D eigenvalue weighted by molar-refractivity contribution is 0.534. The van der Waals surface area contributed by atoms with E-state index in [2.05, 4.69) is 13.5 Å². The Labute approximate surface area is 71.0 Å². The van der Waals surface area contributed by atoms with Crippen LogP contribution in [0.1, 0.15) is 32.6 Å². The number of rotatable bonds is 6. The third-order valence-corrected chi connectivity index (χ3v) is 2.59. The lowest BCUT2D eigenvalue weighted by Crippen LogP contribution is -2.12. The Balaban J connectivity index is 3.69. The standard InChI is InChI=1S/C8H16O2S/c1-3-5-7-8(6-4-2)11(9)10/h4,8H,2-3,5-7H2,1H3,(H,9,10). The number of hydrogen-bond acceptors (Lipinski definition) is 1. The van der Waals surface area contributed by atoms with E-state index in [0.29, 0.717) is 6.42 Å². The van der Waals surface area contributed by atoms with E-state index < -0.39 is 11.1 Å². The Morgan fingerprint density at radius 1 is 1.73 bits per heavy atom. The number of hydrogen-bond donors (Lipinski definition) is 1. The molecule has 2 atom stereocenters. The van der Waals surface area contributed by atoms with Gasteiger partial charge in [0.15, 0.2) is 11.1 Å². The molecular weight excluding hydrogens is 160 g/mol. The molecule has 0 aromatic rings. The molecule has 0 spiro atoms. The Hall–Kier alpha value is -0.150. The van der Waals surface area contributed by atoms with Crippen LogP contribution in [0.3, 0.4) is 0 Å². The van der Waals surface area contributed by atoms with Crippen LogP contribution in [0.15, 0.2) is 12.7 Å². The first-order valence-corrected chi connectivity index (χ1v) is 5.09. The molecule has 0 rings (SSSR count). The first kappa shape index (κ1) is 10.8. The highest BCUT2D eigenvalue weighted by Gasteiger charge is 2.11. The van der Waals surface area contributed by atoms with Gasteiger partial charge in [-0.2, -0.15) is 0 Å². The van der Waals surface area contributed by atoms with E-state index in [1.165, 1.54) is 0 Å². The van der Waals surface area contributed by atoms with E-state index in [9.17, 15) is 4.21 Å². The summed E-state index contributed by atoms with van der Waals surface area (Å²) < 4.78 is 19.5. The summed E-state index contributed by atoms with van der Waals surface area (Å²) in [6.45, 7) is 5.62. The summed E-state index contributed by atoms with van der Waals surface area (Å²) in [7, 11) is 0. The highest BCUT2D eigenvalue weighted by Crippen LogP contribution is 2.10. The quantitative estimate of drug-likeness (QED) is 0.498. The van der Waals surface area contributed by atoms with Crippen LogP contribution < -0.4 is 0 Å². The average molecular weight is 176 g/mol. The Bertz CT molecular complexity index is 134. The third-order valence-electron chi connectivity index (χ3n) is 1.59. The largest absolute Gasteiger partial charge is 0.306 e. The second-order valence-corrected chi connectivity index (χ2v) is 3.78.